The van der Waals surface area contributed by atoms with Gasteiger partial charge in [-0.05, 0) is 36.8 Å². The highest BCUT2D eigenvalue weighted by Gasteiger charge is 2.17. The lowest BCUT2D eigenvalue weighted by atomic mass is 10.1. The summed E-state index contributed by atoms with van der Waals surface area (Å²) in [6.07, 6.45) is 0.887. The van der Waals surface area contributed by atoms with E-state index in [1.54, 1.807) is 6.07 Å². The molecule has 0 radical (unpaired) electrons. The third-order valence-corrected chi connectivity index (χ3v) is 3.87. The van der Waals surface area contributed by atoms with Crippen molar-refractivity contribution in [1.82, 2.24) is 0 Å². The third kappa shape index (κ3) is 2.43. The lowest BCUT2D eigenvalue weighted by Crippen LogP contribution is -2.02. The molecule has 0 spiro atoms. The Morgan fingerprint density at radius 2 is 2.11 bits per heavy atom. The number of halogens is 1. The Morgan fingerprint density at radius 3 is 2.72 bits per heavy atom. The molecule has 0 unspecified atom stereocenters. The van der Waals surface area contributed by atoms with Gasteiger partial charge in [-0.15, -0.1) is 11.3 Å². The molecule has 0 bridgehead atoms. The van der Waals surface area contributed by atoms with Gasteiger partial charge in [0.05, 0.1) is 17.6 Å². The van der Waals surface area contributed by atoms with Crippen LogP contribution >= 0.6 is 11.3 Å². The van der Waals surface area contributed by atoms with Crippen LogP contribution in [0.1, 0.15) is 27.0 Å². The molecule has 0 aliphatic rings. The second-order valence-electron chi connectivity index (χ2n) is 3.79. The fourth-order valence-electron chi connectivity index (χ4n) is 1.68. The molecule has 0 amide bonds. The van der Waals surface area contributed by atoms with Crippen molar-refractivity contribution in [2.75, 3.05) is 7.11 Å². The summed E-state index contributed by atoms with van der Waals surface area (Å²) in [5.41, 5.74) is 0.266. The summed E-state index contributed by atoms with van der Waals surface area (Å²) in [4.78, 5) is 14.0. The van der Waals surface area contributed by atoms with Crippen LogP contribution in [0.2, 0.25) is 0 Å². The van der Waals surface area contributed by atoms with Gasteiger partial charge in [-0.2, -0.15) is 0 Å². The summed E-state index contributed by atoms with van der Waals surface area (Å²) in [5, 5.41) is 0. The summed E-state index contributed by atoms with van der Waals surface area (Å²) in [7, 11) is 1.47. The van der Waals surface area contributed by atoms with Crippen molar-refractivity contribution in [3.8, 4) is 5.75 Å². The van der Waals surface area contributed by atoms with E-state index in [4.69, 9.17) is 4.74 Å². The van der Waals surface area contributed by atoms with Crippen molar-refractivity contribution in [3.05, 3.63) is 51.5 Å². The van der Waals surface area contributed by atoms with Crippen LogP contribution in [0.3, 0.4) is 0 Å². The number of thiophene rings is 1. The number of carbonyl (C=O) groups excluding carboxylic acids is 1. The zero-order chi connectivity index (χ0) is 13.1. The summed E-state index contributed by atoms with van der Waals surface area (Å²) in [6.45, 7) is 2.03. The number of hydrogen-bond donors (Lipinski definition) is 0. The molecule has 94 valence electrons. The van der Waals surface area contributed by atoms with Crippen molar-refractivity contribution in [3.63, 3.8) is 0 Å². The van der Waals surface area contributed by atoms with Gasteiger partial charge in [0.1, 0.15) is 11.6 Å². The zero-order valence-corrected chi connectivity index (χ0v) is 11.0. The van der Waals surface area contributed by atoms with E-state index in [0.717, 1.165) is 11.3 Å². The van der Waals surface area contributed by atoms with Crippen LogP contribution in [0.4, 0.5) is 4.39 Å². The molecular formula is C14H13FO2S. The molecule has 0 saturated carbocycles. The van der Waals surface area contributed by atoms with Crippen LogP contribution < -0.4 is 4.74 Å². The summed E-state index contributed by atoms with van der Waals surface area (Å²) >= 11 is 1.43. The maximum absolute atomic E-state index is 13.2. The van der Waals surface area contributed by atoms with Gasteiger partial charge in [-0.3, -0.25) is 4.79 Å². The lowest BCUT2D eigenvalue weighted by molar-refractivity contribution is 0.103. The number of rotatable bonds is 4. The van der Waals surface area contributed by atoms with Gasteiger partial charge in [0.25, 0.3) is 0 Å². The first-order valence-electron chi connectivity index (χ1n) is 5.62. The fourth-order valence-corrected chi connectivity index (χ4v) is 2.58. The minimum Gasteiger partial charge on any atom is -0.496 e. The third-order valence-electron chi connectivity index (χ3n) is 2.64. The predicted molar refractivity (Wildman–Crippen MR) is 70.1 cm³/mol. The number of hydrogen-bond acceptors (Lipinski definition) is 3. The van der Waals surface area contributed by atoms with Crippen LogP contribution in [0, 0.1) is 5.82 Å². The molecule has 0 aliphatic carbocycles. The fraction of sp³-hybridized carbons (Fsp3) is 0.214. The van der Waals surface area contributed by atoms with E-state index in [2.05, 4.69) is 0 Å². The molecule has 0 atom stereocenters. The van der Waals surface area contributed by atoms with Crippen LogP contribution in [0.5, 0.6) is 5.75 Å². The van der Waals surface area contributed by atoms with Crippen LogP contribution in [-0.4, -0.2) is 12.9 Å². The second kappa shape index (κ2) is 5.31. The molecule has 0 fully saturated rings. The van der Waals surface area contributed by atoms with Gasteiger partial charge >= 0.3 is 0 Å². The Bertz CT molecular complexity index is 575. The Morgan fingerprint density at radius 1 is 1.33 bits per heavy atom. The molecular weight excluding hydrogens is 251 g/mol. The minimum atomic E-state index is -0.438. The topological polar surface area (TPSA) is 26.3 Å². The monoisotopic (exact) mass is 264 g/mol. The molecule has 2 nitrogen and oxygen atoms in total. The molecule has 2 aromatic rings. The molecule has 0 aliphatic heterocycles. The van der Waals surface area contributed by atoms with Crippen LogP contribution in [0.25, 0.3) is 0 Å². The van der Waals surface area contributed by atoms with Gasteiger partial charge in [0, 0.05) is 4.88 Å². The van der Waals surface area contributed by atoms with Crippen molar-refractivity contribution < 1.29 is 13.9 Å². The van der Waals surface area contributed by atoms with Gasteiger partial charge in [0.2, 0.25) is 5.78 Å². The quantitative estimate of drug-likeness (QED) is 0.787. The first-order chi connectivity index (χ1) is 8.65. The van der Waals surface area contributed by atoms with Gasteiger partial charge < -0.3 is 4.74 Å². The molecule has 1 aromatic carbocycles. The maximum atomic E-state index is 13.2. The highest BCUT2D eigenvalue weighted by Crippen LogP contribution is 2.26. The smallest absolute Gasteiger partial charge is 0.206 e. The molecule has 18 heavy (non-hydrogen) atoms. The van der Waals surface area contributed by atoms with E-state index >= 15 is 0 Å². The van der Waals surface area contributed by atoms with Gasteiger partial charge in [-0.25, -0.2) is 4.39 Å². The standard InChI is InChI=1S/C14H13FO2S/c1-3-10-5-7-13(18-10)14(16)11-8-9(15)4-6-12(11)17-2/h4-8H,3H2,1-2H3. The number of ketones is 1. The molecule has 1 heterocycles. The normalized spacial score (nSPS) is 10.4. The van der Waals surface area contributed by atoms with E-state index in [1.807, 2.05) is 13.0 Å². The Kier molecular flexibility index (Phi) is 3.77. The van der Waals surface area contributed by atoms with Gasteiger partial charge in [-0.1, -0.05) is 6.92 Å². The van der Waals surface area contributed by atoms with E-state index in [0.29, 0.717) is 10.6 Å². The zero-order valence-electron chi connectivity index (χ0n) is 10.2. The number of benzene rings is 1. The predicted octanol–water partition coefficient (Wildman–Crippen LogP) is 3.69. The summed E-state index contributed by atoms with van der Waals surface area (Å²) in [5.74, 6) is -0.240. The van der Waals surface area contributed by atoms with Crippen molar-refractivity contribution in [1.29, 1.82) is 0 Å². The van der Waals surface area contributed by atoms with Crippen molar-refractivity contribution in [2.24, 2.45) is 0 Å². The Labute approximate surface area is 109 Å². The molecule has 0 saturated heterocycles. The van der Waals surface area contributed by atoms with Crippen molar-refractivity contribution >= 4 is 17.1 Å². The van der Waals surface area contributed by atoms with Gasteiger partial charge in [0.15, 0.2) is 0 Å². The molecule has 2 rings (SSSR count). The number of methoxy groups -OCH3 is 1. The van der Waals surface area contributed by atoms with E-state index in [9.17, 15) is 9.18 Å². The highest BCUT2D eigenvalue weighted by atomic mass is 32.1. The van der Waals surface area contributed by atoms with E-state index < -0.39 is 5.82 Å². The summed E-state index contributed by atoms with van der Waals surface area (Å²) in [6, 6.07) is 7.66. The Balaban J connectivity index is 2.41. The molecule has 4 heteroatoms. The SMILES string of the molecule is CCc1ccc(C(=O)c2cc(F)ccc2OC)s1. The lowest BCUT2D eigenvalue weighted by Gasteiger charge is -2.06. The minimum absolute atomic E-state index is 0.198. The Hall–Kier alpha value is -1.68. The first-order valence-corrected chi connectivity index (χ1v) is 6.44. The van der Waals surface area contributed by atoms with E-state index in [-0.39, 0.29) is 11.3 Å². The van der Waals surface area contributed by atoms with E-state index in [1.165, 1.54) is 36.6 Å². The molecule has 1 aromatic heterocycles. The van der Waals surface area contributed by atoms with Crippen LogP contribution in [-0.2, 0) is 6.42 Å². The average molecular weight is 264 g/mol. The highest BCUT2D eigenvalue weighted by molar-refractivity contribution is 7.14. The second-order valence-corrected chi connectivity index (χ2v) is 4.96. The largest absolute Gasteiger partial charge is 0.496 e. The number of aryl methyl sites for hydroxylation is 1. The molecule has 0 N–H and O–H groups in total. The number of ether oxygens (including phenoxy) is 1. The van der Waals surface area contributed by atoms with Crippen LogP contribution in [0.15, 0.2) is 30.3 Å². The maximum Gasteiger partial charge on any atom is 0.206 e. The van der Waals surface area contributed by atoms with Crippen molar-refractivity contribution in [2.45, 2.75) is 13.3 Å². The number of carbonyl (C=O) groups is 1. The first kappa shape index (κ1) is 12.8. The average Bonchev–Trinajstić information content (AvgIpc) is 2.86. The summed E-state index contributed by atoms with van der Waals surface area (Å²) < 4.78 is 18.3.